The number of ether oxygens (including phenoxy) is 2. The number of anilines is 1. The molecule has 4 rings (SSSR count). The normalized spacial score (nSPS) is 14.7. The van der Waals surface area contributed by atoms with Gasteiger partial charge >= 0.3 is 0 Å². The SMILES string of the molecule is CN(C(=O)C1CC1)c1ccccc1C(=O)NNC(=O)c1ccc2c(c1)OCCO2. The molecule has 3 amide bonds. The molecule has 29 heavy (non-hydrogen) atoms. The van der Waals surface area contributed by atoms with E-state index in [1.807, 2.05) is 0 Å². The number of nitrogens with zero attached hydrogens (tertiary/aromatic N) is 1. The van der Waals surface area contributed by atoms with Crippen molar-refractivity contribution >= 4 is 23.4 Å². The average Bonchev–Trinajstić information content (AvgIpc) is 3.61. The van der Waals surface area contributed by atoms with Crippen LogP contribution in [0.5, 0.6) is 11.5 Å². The third-order valence-electron chi connectivity index (χ3n) is 4.86. The van der Waals surface area contributed by atoms with E-state index < -0.39 is 11.8 Å². The van der Waals surface area contributed by atoms with Crippen molar-refractivity contribution in [2.45, 2.75) is 12.8 Å². The Bertz CT molecular complexity index is 971. The van der Waals surface area contributed by atoms with E-state index in [0.29, 0.717) is 41.5 Å². The van der Waals surface area contributed by atoms with Gasteiger partial charge in [-0.2, -0.15) is 0 Å². The van der Waals surface area contributed by atoms with Gasteiger partial charge in [-0.1, -0.05) is 12.1 Å². The highest BCUT2D eigenvalue weighted by Gasteiger charge is 2.33. The van der Waals surface area contributed by atoms with Gasteiger partial charge in [-0.05, 0) is 43.2 Å². The van der Waals surface area contributed by atoms with Crippen LogP contribution in [-0.2, 0) is 4.79 Å². The van der Waals surface area contributed by atoms with Crippen molar-refractivity contribution in [2.75, 3.05) is 25.2 Å². The maximum absolute atomic E-state index is 12.6. The molecular weight excluding hydrogens is 374 g/mol. The smallest absolute Gasteiger partial charge is 0.271 e. The van der Waals surface area contributed by atoms with E-state index >= 15 is 0 Å². The number of carbonyl (C=O) groups excluding carboxylic acids is 3. The Morgan fingerprint density at radius 1 is 0.931 bits per heavy atom. The van der Waals surface area contributed by atoms with Gasteiger partial charge in [0.25, 0.3) is 11.8 Å². The number of hydrogen-bond donors (Lipinski definition) is 2. The minimum absolute atomic E-state index is 0.00874. The molecule has 8 heteroatoms. The van der Waals surface area contributed by atoms with Crippen molar-refractivity contribution in [2.24, 2.45) is 5.92 Å². The Morgan fingerprint density at radius 2 is 1.62 bits per heavy atom. The summed E-state index contributed by atoms with van der Waals surface area (Å²) in [5.41, 5.74) is 5.92. The molecule has 1 aliphatic carbocycles. The van der Waals surface area contributed by atoms with Crippen molar-refractivity contribution in [1.29, 1.82) is 0 Å². The summed E-state index contributed by atoms with van der Waals surface area (Å²) in [6.07, 6.45) is 1.76. The van der Waals surface area contributed by atoms with Crippen LogP contribution in [0.15, 0.2) is 42.5 Å². The molecule has 2 aromatic rings. The summed E-state index contributed by atoms with van der Waals surface area (Å²) in [6, 6.07) is 11.6. The molecular formula is C21H21N3O5. The lowest BCUT2D eigenvalue weighted by Gasteiger charge is -2.20. The number of fused-ring (bicyclic) bond motifs is 1. The molecule has 2 aromatic carbocycles. The predicted molar refractivity (Wildman–Crippen MR) is 105 cm³/mol. The Morgan fingerprint density at radius 3 is 2.38 bits per heavy atom. The first-order valence-corrected chi connectivity index (χ1v) is 9.41. The molecule has 0 bridgehead atoms. The van der Waals surface area contributed by atoms with Crippen LogP contribution >= 0.6 is 0 Å². The molecule has 0 unspecified atom stereocenters. The average molecular weight is 395 g/mol. The monoisotopic (exact) mass is 395 g/mol. The van der Waals surface area contributed by atoms with Crippen molar-refractivity contribution < 1.29 is 23.9 Å². The summed E-state index contributed by atoms with van der Waals surface area (Å²) >= 11 is 0. The fraction of sp³-hybridized carbons (Fsp3) is 0.286. The van der Waals surface area contributed by atoms with E-state index in [-0.39, 0.29) is 11.8 Å². The second-order valence-electron chi connectivity index (χ2n) is 6.96. The molecule has 0 spiro atoms. The van der Waals surface area contributed by atoms with Gasteiger partial charge in [-0.3, -0.25) is 25.2 Å². The number of carbonyl (C=O) groups is 3. The first-order valence-electron chi connectivity index (χ1n) is 9.41. The molecule has 0 aromatic heterocycles. The largest absolute Gasteiger partial charge is 0.486 e. The van der Waals surface area contributed by atoms with Gasteiger partial charge in [0.05, 0.1) is 11.3 Å². The van der Waals surface area contributed by atoms with Crippen LogP contribution in [0.25, 0.3) is 0 Å². The van der Waals surface area contributed by atoms with Gasteiger partial charge in [-0.25, -0.2) is 0 Å². The van der Waals surface area contributed by atoms with E-state index in [9.17, 15) is 14.4 Å². The summed E-state index contributed by atoms with van der Waals surface area (Å²) in [5.74, 6) is 0.0867. The van der Waals surface area contributed by atoms with Crippen LogP contribution in [0, 0.1) is 5.92 Å². The number of hydrogen-bond acceptors (Lipinski definition) is 5. The van der Waals surface area contributed by atoms with Gasteiger partial charge in [0.1, 0.15) is 13.2 Å². The number of rotatable bonds is 4. The number of para-hydroxylation sites is 1. The molecule has 1 aliphatic heterocycles. The number of hydrazine groups is 1. The fourth-order valence-corrected chi connectivity index (χ4v) is 3.12. The molecule has 2 N–H and O–H groups in total. The number of amides is 3. The third kappa shape index (κ3) is 4.01. The van der Waals surface area contributed by atoms with E-state index in [4.69, 9.17) is 9.47 Å². The lowest BCUT2D eigenvalue weighted by atomic mass is 10.1. The van der Waals surface area contributed by atoms with Gasteiger partial charge < -0.3 is 14.4 Å². The van der Waals surface area contributed by atoms with Crippen molar-refractivity contribution in [3.63, 3.8) is 0 Å². The molecule has 1 fully saturated rings. The van der Waals surface area contributed by atoms with Gasteiger partial charge in [0, 0.05) is 18.5 Å². The van der Waals surface area contributed by atoms with Crippen LogP contribution in [0.3, 0.4) is 0 Å². The van der Waals surface area contributed by atoms with Crippen LogP contribution < -0.4 is 25.2 Å². The molecule has 0 saturated heterocycles. The first kappa shape index (κ1) is 18.8. The minimum Gasteiger partial charge on any atom is -0.486 e. The van der Waals surface area contributed by atoms with E-state index in [1.165, 1.54) is 4.90 Å². The second kappa shape index (κ2) is 7.83. The molecule has 1 heterocycles. The topological polar surface area (TPSA) is 97.0 Å². The maximum Gasteiger partial charge on any atom is 0.271 e. The first-order chi connectivity index (χ1) is 14.0. The summed E-state index contributed by atoms with van der Waals surface area (Å²) in [5, 5.41) is 0. The molecule has 150 valence electrons. The zero-order chi connectivity index (χ0) is 20.4. The quantitative estimate of drug-likeness (QED) is 0.771. The molecule has 1 saturated carbocycles. The minimum atomic E-state index is -0.512. The molecule has 2 aliphatic rings. The highest BCUT2D eigenvalue weighted by Crippen LogP contribution is 2.33. The van der Waals surface area contributed by atoms with Crippen LogP contribution in [0.4, 0.5) is 5.69 Å². The van der Waals surface area contributed by atoms with Gasteiger partial charge in [0.15, 0.2) is 11.5 Å². The Hall–Kier alpha value is -3.55. The summed E-state index contributed by atoms with van der Waals surface area (Å²) < 4.78 is 10.9. The van der Waals surface area contributed by atoms with Crippen molar-refractivity contribution in [3.05, 3.63) is 53.6 Å². The van der Waals surface area contributed by atoms with E-state index in [1.54, 1.807) is 49.5 Å². The predicted octanol–water partition coefficient (Wildman–Crippen LogP) is 1.91. The molecule has 8 nitrogen and oxygen atoms in total. The molecule has 0 atom stereocenters. The maximum atomic E-state index is 12.6. The van der Waals surface area contributed by atoms with Crippen LogP contribution in [-0.4, -0.2) is 38.0 Å². The van der Waals surface area contributed by atoms with Crippen molar-refractivity contribution in [1.82, 2.24) is 10.9 Å². The summed E-state index contributed by atoms with van der Waals surface area (Å²) in [4.78, 5) is 38.9. The summed E-state index contributed by atoms with van der Waals surface area (Å²) in [7, 11) is 1.65. The lowest BCUT2D eigenvalue weighted by Crippen LogP contribution is -2.42. The van der Waals surface area contributed by atoms with E-state index in [0.717, 1.165) is 12.8 Å². The fourth-order valence-electron chi connectivity index (χ4n) is 3.12. The number of nitrogens with one attached hydrogen (secondary N) is 2. The standard InChI is InChI=1S/C21H21N3O5/c1-24(21(27)13-6-7-13)16-5-3-2-4-15(16)20(26)23-22-19(25)14-8-9-17-18(12-14)29-11-10-28-17/h2-5,8-9,12-13H,6-7,10-11H2,1H3,(H,22,25)(H,23,26). The second-order valence-corrected chi connectivity index (χ2v) is 6.96. The van der Waals surface area contributed by atoms with Crippen LogP contribution in [0.1, 0.15) is 33.6 Å². The zero-order valence-corrected chi connectivity index (χ0v) is 15.9. The van der Waals surface area contributed by atoms with Crippen molar-refractivity contribution in [3.8, 4) is 11.5 Å². The van der Waals surface area contributed by atoms with Gasteiger partial charge in [0.2, 0.25) is 5.91 Å². The Labute approximate surface area is 167 Å². The van der Waals surface area contributed by atoms with Gasteiger partial charge in [-0.15, -0.1) is 0 Å². The summed E-state index contributed by atoms with van der Waals surface area (Å²) in [6.45, 7) is 0.879. The zero-order valence-electron chi connectivity index (χ0n) is 15.9. The third-order valence-corrected chi connectivity index (χ3v) is 4.86. The lowest BCUT2D eigenvalue weighted by molar-refractivity contribution is -0.119. The Balaban J connectivity index is 1.43. The van der Waals surface area contributed by atoms with E-state index in [2.05, 4.69) is 10.9 Å². The highest BCUT2D eigenvalue weighted by molar-refractivity contribution is 6.06. The highest BCUT2D eigenvalue weighted by atomic mass is 16.6. The Kier molecular flexibility index (Phi) is 5.07. The van der Waals surface area contributed by atoms with Crippen LogP contribution in [0.2, 0.25) is 0 Å². The molecule has 0 radical (unpaired) electrons. The number of benzene rings is 2.